The molecule has 0 aliphatic carbocycles. The molecule has 0 saturated heterocycles. The molecule has 1 amide bonds. The quantitative estimate of drug-likeness (QED) is 0.656. The number of carbonyl (C=O) groups is 1. The van der Waals surface area contributed by atoms with Crippen LogP contribution in [0.25, 0.3) is 0 Å². The zero-order valence-corrected chi connectivity index (χ0v) is 10.7. The lowest BCUT2D eigenvalue weighted by atomic mass is 10.1. The van der Waals surface area contributed by atoms with Gasteiger partial charge in [-0.25, -0.2) is 0 Å². The maximum atomic E-state index is 12.0. The Balaban J connectivity index is 2.27. The number of nitro groups is 1. The first kappa shape index (κ1) is 13.5. The third kappa shape index (κ3) is 2.72. The number of benzene rings is 1. The molecule has 2 aromatic rings. The third-order valence-electron chi connectivity index (χ3n) is 2.76. The first-order chi connectivity index (χ1) is 9.49. The summed E-state index contributed by atoms with van der Waals surface area (Å²) in [7, 11) is 0. The molecule has 1 heterocycles. The van der Waals surface area contributed by atoms with Crippen molar-refractivity contribution in [3.05, 3.63) is 57.9 Å². The predicted molar refractivity (Wildman–Crippen MR) is 74.4 cm³/mol. The average Bonchev–Trinajstić information content (AvgIpc) is 2.41. The number of hydrogen-bond donors (Lipinski definition) is 2. The zero-order valence-electron chi connectivity index (χ0n) is 10.7. The summed E-state index contributed by atoms with van der Waals surface area (Å²) in [6.45, 7) is 1.63. The normalized spacial score (nSPS) is 10.1. The maximum absolute atomic E-state index is 12.0. The molecule has 0 unspecified atom stereocenters. The van der Waals surface area contributed by atoms with Gasteiger partial charge in [-0.1, -0.05) is 6.07 Å². The minimum Gasteiger partial charge on any atom is -0.397 e. The van der Waals surface area contributed by atoms with Gasteiger partial charge in [0.25, 0.3) is 11.6 Å². The first-order valence-corrected chi connectivity index (χ1v) is 5.75. The van der Waals surface area contributed by atoms with Crippen molar-refractivity contribution in [2.24, 2.45) is 0 Å². The molecule has 0 saturated carbocycles. The molecule has 0 atom stereocenters. The third-order valence-corrected chi connectivity index (χ3v) is 2.76. The van der Waals surface area contributed by atoms with Gasteiger partial charge in [0.2, 0.25) is 0 Å². The summed E-state index contributed by atoms with van der Waals surface area (Å²) in [5.41, 5.74) is 6.97. The summed E-state index contributed by atoms with van der Waals surface area (Å²) in [4.78, 5) is 26.2. The highest BCUT2D eigenvalue weighted by atomic mass is 16.6. The number of nitrogens with two attached hydrogens (primary N) is 1. The molecular formula is C13H12N4O3. The monoisotopic (exact) mass is 272 g/mol. The number of nitro benzene ring substituents is 1. The van der Waals surface area contributed by atoms with Gasteiger partial charge in [0.1, 0.15) is 0 Å². The van der Waals surface area contributed by atoms with Crippen LogP contribution in [0.15, 0.2) is 36.7 Å². The van der Waals surface area contributed by atoms with E-state index in [9.17, 15) is 14.9 Å². The summed E-state index contributed by atoms with van der Waals surface area (Å²) in [6.07, 6.45) is 2.81. The molecule has 3 N–H and O–H groups in total. The lowest BCUT2D eigenvalue weighted by Gasteiger charge is -2.07. The standard InChI is InChI=1S/C13H12N4O3/c1-8-2-3-9(6-12(8)17(19)20)16-13(18)10-4-5-15-7-11(10)14/h2-7H,14H2,1H3,(H,16,18). The molecule has 1 aromatic heterocycles. The van der Waals surface area contributed by atoms with Crippen molar-refractivity contribution >= 4 is 23.0 Å². The summed E-state index contributed by atoms with van der Waals surface area (Å²) in [5.74, 6) is -0.442. The van der Waals surface area contributed by atoms with E-state index in [1.54, 1.807) is 19.1 Å². The number of nitrogens with zero attached hydrogens (tertiary/aromatic N) is 2. The second-order valence-corrected chi connectivity index (χ2v) is 4.18. The van der Waals surface area contributed by atoms with Gasteiger partial charge in [0.15, 0.2) is 0 Å². The Bertz CT molecular complexity index is 685. The van der Waals surface area contributed by atoms with Gasteiger partial charge in [-0.3, -0.25) is 19.9 Å². The number of aromatic nitrogens is 1. The van der Waals surface area contributed by atoms with Crippen LogP contribution in [0, 0.1) is 17.0 Å². The van der Waals surface area contributed by atoms with Crippen LogP contribution in [0.4, 0.5) is 17.1 Å². The van der Waals surface area contributed by atoms with Crippen molar-refractivity contribution in [3.8, 4) is 0 Å². The molecule has 0 aliphatic rings. The van der Waals surface area contributed by atoms with Crippen LogP contribution in [0.1, 0.15) is 15.9 Å². The summed E-state index contributed by atoms with van der Waals surface area (Å²) in [6, 6.07) is 5.96. The van der Waals surface area contributed by atoms with Gasteiger partial charge >= 0.3 is 0 Å². The second-order valence-electron chi connectivity index (χ2n) is 4.18. The Morgan fingerprint density at radius 3 is 2.80 bits per heavy atom. The summed E-state index contributed by atoms with van der Waals surface area (Å²) < 4.78 is 0. The Morgan fingerprint density at radius 1 is 1.40 bits per heavy atom. The summed E-state index contributed by atoms with van der Waals surface area (Å²) in [5, 5.41) is 13.4. The molecule has 102 valence electrons. The Kier molecular flexibility index (Phi) is 3.60. The molecule has 0 fully saturated rings. The largest absolute Gasteiger partial charge is 0.397 e. The van der Waals surface area contributed by atoms with E-state index in [2.05, 4.69) is 10.3 Å². The SMILES string of the molecule is Cc1ccc(NC(=O)c2ccncc2N)cc1[N+](=O)[O-]. The Labute approximate surface area is 114 Å². The minimum absolute atomic E-state index is 0.0505. The average molecular weight is 272 g/mol. The van der Waals surface area contributed by atoms with E-state index in [-0.39, 0.29) is 16.9 Å². The van der Waals surface area contributed by atoms with Crippen LogP contribution < -0.4 is 11.1 Å². The van der Waals surface area contributed by atoms with E-state index in [4.69, 9.17) is 5.73 Å². The van der Waals surface area contributed by atoms with Crippen LogP contribution in [0.2, 0.25) is 0 Å². The van der Waals surface area contributed by atoms with Crippen molar-refractivity contribution < 1.29 is 9.72 Å². The number of aryl methyl sites for hydroxylation is 1. The van der Waals surface area contributed by atoms with Gasteiger partial charge in [0.05, 0.1) is 22.4 Å². The number of anilines is 2. The van der Waals surface area contributed by atoms with E-state index in [1.807, 2.05) is 0 Å². The van der Waals surface area contributed by atoms with Crippen LogP contribution in [-0.2, 0) is 0 Å². The molecular weight excluding hydrogens is 260 g/mol. The lowest BCUT2D eigenvalue weighted by Crippen LogP contribution is -2.14. The van der Waals surface area contributed by atoms with Gasteiger partial charge in [-0.05, 0) is 19.1 Å². The molecule has 0 aliphatic heterocycles. The number of pyridine rings is 1. The summed E-state index contributed by atoms with van der Waals surface area (Å²) >= 11 is 0. The topological polar surface area (TPSA) is 111 Å². The first-order valence-electron chi connectivity index (χ1n) is 5.75. The minimum atomic E-state index is -0.494. The maximum Gasteiger partial charge on any atom is 0.274 e. The molecule has 20 heavy (non-hydrogen) atoms. The highest BCUT2D eigenvalue weighted by Crippen LogP contribution is 2.23. The molecule has 0 radical (unpaired) electrons. The number of hydrogen-bond acceptors (Lipinski definition) is 5. The number of nitrogen functional groups attached to an aromatic ring is 1. The van der Waals surface area contributed by atoms with Crippen LogP contribution in [-0.4, -0.2) is 15.8 Å². The van der Waals surface area contributed by atoms with E-state index < -0.39 is 10.8 Å². The number of amides is 1. The predicted octanol–water partition coefficient (Wildman–Crippen LogP) is 2.13. The smallest absolute Gasteiger partial charge is 0.274 e. The van der Waals surface area contributed by atoms with E-state index >= 15 is 0 Å². The fraction of sp³-hybridized carbons (Fsp3) is 0.0769. The van der Waals surface area contributed by atoms with Gasteiger partial charge in [0, 0.05) is 23.5 Å². The highest BCUT2D eigenvalue weighted by molar-refractivity contribution is 6.07. The fourth-order valence-corrected chi connectivity index (χ4v) is 1.70. The van der Waals surface area contributed by atoms with Crippen molar-refractivity contribution in [3.63, 3.8) is 0 Å². The Hall–Kier alpha value is -2.96. The number of nitrogens with one attached hydrogen (secondary N) is 1. The van der Waals surface area contributed by atoms with E-state index in [0.717, 1.165) is 0 Å². The van der Waals surface area contributed by atoms with E-state index in [0.29, 0.717) is 11.3 Å². The van der Waals surface area contributed by atoms with Gasteiger partial charge in [-0.15, -0.1) is 0 Å². The lowest BCUT2D eigenvalue weighted by molar-refractivity contribution is -0.385. The second kappa shape index (κ2) is 5.35. The molecule has 7 heteroatoms. The number of rotatable bonds is 3. The fourth-order valence-electron chi connectivity index (χ4n) is 1.70. The van der Waals surface area contributed by atoms with Gasteiger partial charge < -0.3 is 11.1 Å². The molecule has 0 bridgehead atoms. The van der Waals surface area contributed by atoms with Crippen molar-refractivity contribution in [1.82, 2.24) is 4.98 Å². The van der Waals surface area contributed by atoms with Crippen LogP contribution in [0.3, 0.4) is 0 Å². The molecule has 7 nitrogen and oxygen atoms in total. The van der Waals surface area contributed by atoms with Crippen molar-refractivity contribution in [2.75, 3.05) is 11.1 Å². The molecule has 0 spiro atoms. The van der Waals surface area contributed by atoms with Gasteiger partial charge in [-0.2, -0.15) is 0 Å². The number of carbonyl (C=O) groups excluding carboxylic acids is 1. The molecule has 1 aromatic carbocycles. The Morgan fingerprint density at radius 2 is 2.15 bits per heavy atom. The highest BCUT2D eigenvalue weighted by Gasteiger charge is 2.14. The van der Waals surface area contributed by atoms with Crippen molar-refractivity contribution in [1.29, 1.82) is 0 Å². The van der Waals surface area contributed by atoms with Crippen molar-refractivity contribution in [2.45, 2.75) is 6.92 Å². The van der Waals surface area contributed by atoms with Crippen LogP contribution in [0.5, 0.6) is 0 Å². The molecule has 2 rings (SSSR count). The zero-order chi connectivity index (χ0) is 14.7. The van der Waals surface area contributed by atoms with E-state index in [1.165, 1.54) is 24.5 Å². The van der Waals surface area contributed by atoms with Crippen LogP contribution >= 0.6 is 0 Å².